The van der Waals surface area contributed by atoms with Crippen LogP contribution in [0.4, 0.5) is 0 Å². The minimum absolute atomic E-state index is 0.0468. The van der Waals surface area contributed by atoms with Gasteiger partial charge in [-0.2, -0.15) is 10.4 Å². The van der Waals surface area contributed by atoms with Gasteiger partial charge in [0.05, 0.1) is 23.5 Å². The van der Waals surface area contributed by atoms with Crippen molar-refractivity contribution >= 4 is 5.91 Å². The number of aromatic nitrogens is 2. The average Bonchev–Trinajstić information content (AvgIpc) is 3.11. The summed E-state index contributed by atoms with van der Waals surface area (Å²) in [6, 6.07) is 15.6. The SMILES string of the molecule is CNCCCNC(=O)c1ccccc1Cc1cnn(-c2ccc(C#N)c(C)c2)c1C. The van der Waals surface area contributed by atoms with Gasteiger partial charge in [0.1, 0.15) is 0 Å². The third-order valence-corrected chi connectivity index (χ3v) is 5.22. The van der Waals surface area contributed by atoms with Gasteiger partial charge in [-0.15, -0.1) is 0 Å². The van der Waals surface area contributed by atoms with E-state index in [0.29, 0.717) is 24.1 Å². The minimum Gasteiger partial charge on any atom is -0.352 e. The Morgan fingerprint density at radius 2 is 1.93 bits per heavy atom. The van der Waals surface area contributed by atoms with Crippen molar-refractivity contribution in [2.45, 2.75) is 26.7 Å². The molecule has 0 fully saturated rings. The molecular formula is C24H27N5O. The van der Waals surface area contributed by atoms with Gasteiger partial charge in [-0.25, -0.2) is 4.68 Å². The van der Waals surface area contributed by atoms with E-state index >= 15 is 0 Å². The van der Waals surface area contributed by atoms with E-state index < -0.39 is 0 Å². The van der Waals surface area contributed by atoms with Crippen LogP contribution in [0.25, 0.3) is 5.69 Å². The highest BCUT2D eigenvalue weighted by Crippen LogP contribution is 2.21. The smallest absolute Gasteiger partial charge is 0.251 e. The molecule has 0 saturated heterocycles. The van der Waals surface area contributed by atoms with Crippen molar-refractivity contribution < 1.29 is 4.79 Å². The second-order valence-corrected chi connectivity index (χ2v) is 7.32. The van der Waals surface area contributed by atoms with E-state index in [1.807, 2.05) is 74.2 Å². The van der Waals surface area contributed by atoms with Crippen LogP contribution in [0.15, 0.2) is 48.7 Å². The highest BCUT2D eigenvalue weighted by Gasteiger charge is 2.15. The average molecular weight is 402 g/mol. The van der Waals surface area contributed by atoms with Gasteiger partial charge >= 0.3 is 0 Å². The number of nitrogens with zero attached hydrogens (tertiary/aromatic N) is 3. The normalized spacial score (nSPS) is 10.6. The molecule has 0 radical (unpaired) electrons. The summed E-state index contributed by atoms with van der Waals surface area (Å²) in [6.07, 6.45) is 3.37. The van der Waals surface area contributed by atoms with Crippen molar-refractivity contribution in [1.29, 1.82) is 5.26 Å². The van der Waals surface area contributed by atoms with E-state index in [4.69, 9.17) is 5.26 Å². The predicted molar refractivity (Wildman–Crippen MR) is 118 cm³/mol. The fraction of sp³-hybridized carbons (Fsp3) is 0.292. The van der Waals surface area contributed by atoms with E-state index in [9.17, 15) is 4.79 Å². The van der Waals surface area contributed by atoms with Crippen LogP contribution in [0.2, 0.25) is 0 Å². The first-order valence-corrected chi connectivity index (χ1v) is 10.1. The van der Waals surface area contributed by atoms with Gasteiger partial charge in [0.15, 0.2) is 0 Å². The zero-order valence-electron chi connectivity index (χ0n) is 17.7. The summed E-state index contributed by atoms with van der Waals surface area (Å²) in [5.41, 5.74) is 6.26. The van der Waals surface area contributed by atoms with Gasteiger partial charge in [0.25, 0.3) is 5.91 Å². The number of hydrogen-bond donors (Lipinski definition) is 2. The predicted octanol–water partition coefficient (Wildman–Crippen LogP) is 3.29. The Hall–Kier alpha value is -3.43. The number of nitrogens with one attached hydrogen (secondary N) is 2. The molecule has 0 aliphatic heterocycles. The number of rotatable bonds is 8. The Balaban J connectivity index is 1.81. The van der Waals surface area contributed by atoms with Crippen LogP contribution in [-0.2, 0) is 6.42 Å². The van der Waals surface area contributed by atoms with Crippen LogP contribution in [0, 0.1) is 25.2 Å². The maximum absolute atomic E-state index is 12.6. The molecular weight excluding hydrogens is 374 g/mol. The molecule has 3 rings (SSSR count). The molecule has 2 aromatic carbocycles. The first kappa shape index (κ1) is 21.3. The third-order valence-electron chi connectivity index (χ3n) is 5.22. The van der Waals surface area contributed by atoms with Crippen LogP contribution >= 0.6 is 0 Å². The zero-order chi connectivity index (χ0) is 21.5. The molecule has 0 aliphatic rings. The number of aryl methyl sites for hydroxylation is 1. The Morgan fingerprint density at radius 1 is 1.13 bits per heavy atom. The molecule has 0 aliphatic carbocycles. The molecule has 0 unspecified atom stereocenters. The molecule has 2 N–H and O–H groups in total. The molecule has 3 aromatic rings. The van der Waals surface area contributed by atoms with E-state index in [2.05, 4.69) is 21.8 Å². The lowest BCUT2D eigenvalue weighted by molar-refractivity contribution is 0.0952. The third kappa shape index (κ3) is 4.76. The molecule has 0 saturated carbocycles. The molecule has 0 bridgehead atoms. The van der Waals surface area contributed by atoms with Crippen LogP contribution in [-0.4, -0.2) is 35.8 Å². The summed E-state index contributed by atoms with van der Waals surface area (Å²) >= 11 is 0. The summed E-state index contributed by atoms with van der Waals surface area (Å²) < 4.78 is 1.88. The molecule has 0 atom stereocenters. The lowest BCUT2D eigenvalue weighted by Crippen LogP contribution is -2.27. The molecule has 0 spiro atoms. The summed E-state index contributed by atoms with van der Waals surface area (Å²) in [5.74, 6) is -0.0468. The van der Waals surface area contributed by atoms with Gasteiger partial charge in [-0.05, 0) is 74.8 Å². The first-order valence-electron chi connectivity index (χ1n) is 10.1. The summed E-state index contributed by atoms with van der Waals surface area (Å²) in [5, 5.41) is 19.8. The van der Waals surface area contributed by atoms with Crippen molar-refractivity contribution in [2.24, 2.45) is 0 Å². The maximum Gasteiger partial charge on any atom is 0.251 e. The summed E-state index contributed by atoms with van der Waals surface area (Å²) in [4.78, 5) is 12.6. The van der Waals surface area contributed by atoms with Crippen LogP contribution in [0.5, 0.6) is 0 Å². The molecule has 1 aromatic heterocycles. The quantitative estimate of drug-likeness (QED) is 0.568. The van der Waals surface area contributed by atoms with Gasteiger partial charge in [-0.3, -0.25) is 4.79 Å². The largest absolute Gasteiger partial charge is 0.352 e. The summed E-state index contributed by atoms with van der Waals surface area (Å²) in [6.45, 7) is 5.46. The van der Waals surface area contributed by atoms with E-state index in [-0.39, 0.29) is 5.91 Å². The Morgan fingerprint density at radius 3 is 2.67 bits per heavy atom. The van der Waals surface area contributed by atoms with E-state index in [0.717, 1.165) is 41.0 Å². The van der Waals surface area contributed by atoms with Crippen LogP contribution in [0.1, 0.15) is 44.7 Å². The van der Waals surface area contributed by atoms with Crippen molar-refractivity contribution in [3.63, 3.8) is 0 Å². The van der Waals surface area contributed by atoms with E-state index in [1.54, 1.807) is 0 Å². The van der Waals surface area contributed by atoms with Crippen molar-refractivity contribution in [2.75, 3.05) is 20.1 Å². The second kappa shape index (κ2) is 9.86. The standard InChI is InChI=1S/C24H27N5O/c1-17-13-22(10-9-20(17)15-25)29-18(2)21(16-28-29)14-19-7-4-5-8-23(19)24(30)27-12-6-11-26-3/h4-5,7-10,13,16,26H,6,11-12,14H2,1-3H3,(H,27,30). The minimum atomic E-state index is -0.0468. The monoisotopic (exact) mass is 401 g/mol. The zero-order valence-corrected chi connectivity index (χ0v) is 17.7. The van der Waals surface area contributed by atoms with Crippen LogP contribution < -0.4 is 10.6 Å². The second-order valence-electron chi connectivity index (χ2n) is 7.32. The number of nitriles is 1. The van der Waals surface area contributed by atoms with Gasteiger partial charge < -0.3 is 10.6 Å². The van der Waals surface area contributed by atoms with Crippen LogP contribution in [0.3, 0.4) is 0 Å². The Bertz CT molecular complexity index is 1080. The molecule has 6 nitrogen and oxygen atoms in total. The number of hydrogen-bond acceptors (Lipinski definition) is 4. The fourth-order valence-corrected chi connectivity index (χ4v) is 3.45. The number of benzene rings is 2. The highest BCUT2D eigenvalue weighted by atomic mass is 16.1. The topological polar surface area (TPSA) is 82.7 Å². The highest BCUT2D eigenvalue weighted by molar-refractivity contribution is 5.95. The molecule has 1 amide bonds. The molecule has 6 heteroatoms. The number of amides is 1. The maximum atomic E-state index is 12.6. The lowest BCUT2D eigenvalue weighted by atomic mass is 9.99. The molecule has 1 heterocycles. The lowest BCUT2D eigenvalue weighted by Gasteiger charge is -2.11. The molecule has 154 valence electrons. The van der Waals surface area contributed by atoms with Gasteiger partial charge in [-0.1, -0.05) is 18.2 Å². The van der Waals surface area contributed by atoms with Gasteiger partial charge in [0, 0.05) is 24.2 Å². The Kier molecular flexibility index (Phi) is 6.99. The van der Waals surface area contributed by atoms with Gasteiger partial charge in [0.2, 0.25) is 0 Å². The summed E-state index contributed by atoms with van der Waals surface area (Å²) in [7, 11) is 1.90. The first-order chi connectivity index (χ1) is 14.5. The number of carbonyl (C=O) groups is 1. The Labute approximate surface area is 177 Å². The van der Waals surface area contributed by atoms with Crippen molar-refractivity contribution in [3.05, 3.63) is 82.2 Å². The fourth-order valence-electron chi connectivity index (χ4n) is 3.45. The van der Waals surface area contributed by atoms with Crippen molar-refractivity contribution in [1.82, 2.24) is 20.4 Å². The van der Waals surface area contributed by atoms with E-state index in [1.165, 1.54) is 0 Å². The molecule has 30 heavy (non-hydrogen) atoms. The van der Waals surface area contributed by atoms with Crippen molar-refractivity contribution in [3.8, 4) is 11.8 Å². The number of carbonyl (C=O) groups excluding carboxylic acids is 1.